The van der Waals surface area contributed by atoms with Gasteiger partial charge in [-0.3, -0.25) is 15.1 Å². The number of esters is 1. The number of nitrogens with one attached hydrogen (secondary N) is 1. The lowest BCUT2D eigenvalue weighted by Gasteiger charge is -2.16. The summed E-state index contributed by atoms with van der Waals surface area (Å²) in [5.41, 5.74) is 2.97. The Kier molecular flexibility index (Phi) is 4.66. The van der Waals surface area contributed by atoms with Crippen LogP contribution in [0.5, 0.6) is 0 Å². The van der Waals surface area contributed by atoms with Crippen LogP contribution in [0.4, 0.5) is 0 Å². The summed E-state index contributed by atoms with van der Waals surface area (Å²) in [7, 11) is 0. The van der Waals surface area contributed by atoms with E-state index in [4.69, 9.17) is 9.57 Å². The SMILES string of the molecule is C=CCONC(CC)=C1C(=O)C=C(C)OC1=O. The molecule has 0 aromatic heterocycles. The van der Waals surface area contributed by atoms with Crippen LogP contribution < -0.4 is 5.48 Å². The molecule has 0 fully saturated rings. The third-order valence-corrected chi connectivity index (χ3v) is 2.09. The predicted molar refractivity (Wildman–Crippen MR) is 61.5 cm³/mol. The highest BCUT2D eigenvalue weighted by Crippen LogP contribution is 2.17. The van der Waals surface area contributed by atoms with Gasteiger partial charge < -0.3 is 4.74 Å². The van der Waals surface area contributed by atoms with Gasteiger partial charge in [0.15, 0.2) is 5.78 Å². The van der Waals surface area contributed by atoms with Crippen molar-refractivity contribution in [2.75, 3.05) is 6.61 Å². The van der Waals surface area contributed by atoms with Crippen molar-refractivity contribution in [2.24, 2.45) is 0 Å². The van der Waals surface area contributed by atoms with Gasteiger partial charge in [0.2, 0.25) is 0 Å². The zero-order valence-electron chi connectivity index (χ0n) is 9.91. The topological polar surface area (TPSA) is 64.6 Å². The fourth-order valence-corrected chi connectivity index (χ4v) is 1.34. The summed E-state index contributed by atoms with van der Waals surface area (Å²) in [6, 6.07) is 0. The lowest BCUT2D eigenvalue weighted by molar-refractivity contribution is -0.137. The van der Waals surface area contributed by atoms with E-state index in [-0.39, 0.29) is 18.0 Å². The average molecular weight is 237 g/mol. The fourth-order valence-electron chi connectivity index (χ4n) is 1.34. The molecule has 0 bridgehead atoms. The van der Waals surface area contributed by atoms with Crippen LogP contribution in [0.15, 0.2) is 35.8 Å². The van der Waals surface area contributed by atoms with Crippen LogP contribution in [-0.2, 0) is 19.2 Å². The monoisotopic (exact) mass is 237 g/mol. The van der Waals surface area contributed by atoms with Gasteiger partial charge in [-0.15, -0.1) is 6.58 Å². The Bertz CT molecular complexity index is 407. The van der Waals surface area contributed by atoms with Crippen molar-refractivity contribution < 1.29 is 19.2 Å². The van der Waals surface area contributed by atoms with Crippen molar-refractivity contribution >= 4 is 11.8 Å². The van der Waals surface area contributed by atoms with Gasteiger partial charge in [0.25, 0.3) is 0 Å². The summed E-state index contributed by atoms with van der Waals surface area (Å²) in [5, 5.41) is 0. The number of ether oxygens (including phenoxy) is 1. The molecule has 1 aliphatic rings. The second kappa shape index (κ2) is 6.00. The number of carbonyl (C=O) groups excluding carboxylic acids is 2. The summed E-state index contributed by atoms with van der Waals surface area (Å²) < 4.78 is 4.89. The van der Waals surface area contributed by atoms with E-state index in [2.05, 4.69) is 12.1 Å². The fraction of sp³-hybridized carbons (Fsp3) is 0.333. The Morgan fingerprint density at radius 1 is 1.59 bits per heavy atom. The van der Waals surface area contributed by atoms with Crippen molar-refractivity contribution in [3.8, 4) is 0 Å². The quantitative estimate of drug-likeness (QED) is 0.195. The maximum absolute atomic E-state index is 11.7. The first kappa shape index (κ1) is 13.2. The highest BCUT2D eigenvalue weighted by Gasteiger charge is 2.27. The molecule has 0 amide bonds. The average Bonchev–Trinajstić information content (AvgIpc) is 2.25. The zero-order valence-corrected chi connectivity index (χ0v) is 9.91. The van der Waals surface area contributed by atoms with E-state index in [1.54, 1.807) is 19.9 Å². The lowest BCUT2D eigenvalue weighted by atomic mass is 10.1. The Hall–Kier alpha value is -1.88. The maximum atomic E-state index is 11.7. The zero-order chi connectivity index (χ0) is 12.8. The number of hydrogen-bond acceptors (Lipinski definition) is 5. The van der Waals surface area contributed by atoms with Crippen LogP contribution in [0, 0.1) is 0 Å². The van der Waals surface area contributed by atoms with Crippen LogP contribution in [0.25, 0.3) is 0 Å². The van der Waals surface area contributed by atoms with Crippen LogP contribution in [-0.4, -0.2) is 18.4 Å². The molecule has 0 unspecified atom stereocenters. The molecule has 0 radical (unpaired) electrons. The van der Waals surface area contributed by atoms with E-state index in [0.717, 1.165) is 0 Å². The lowest BCUT2D eigenvalue weighted by Crippen LogP contribution is -2.26. The highest BCUT2D eigenvalue weighted by atomic mass is 16.6. The molecule has 0 atom stereocenters. The first-order valence-electron chi connectivity index (χ1n) is 5.26. The summed E-state index contributed by atoms with van der Waals surface area (Å²) in [4.78, 5) is 28.3. The molecule has 0 aromatic rings. The first-order chi connectivity index (χ1) is 8.10. The van der Waals surface area contributed by atoms with Crippen LogP contribution >= 0.6 is 0 Å². The first-order valence-corrected chi connectivity index (χ1v) is 5.26. The molecule has 0 saturated carbocycles. The van der Waals surface area contributed by atoms with Gasteiger partial charge in [-0.25, -0.2) is 4.79 Å². The Morgan fingerprint density at radius 2 is 2.29 bits per heavy atom. The minimum Gasteiger partial charge on any atom is -0.427 e. The molecule has 1 rings (SSSR count). The third kappa shape index (κ3) is 3.29. The normalized spacial score (nSPS) is 18.4. The summed E-state index contributed by atoms with van der Waals surface area (Å²) >= 11 is 0. The highest BCUT2D eigenvalue weighted by molar-refractivity contribution is 6.24. The number of ketones is 1. The number of hydroxylamine groups is 1. The molecule has 1 heterocycles. The number of carbonyl (C=O) groups is 2. The molecule has 0 saturated heterocycles. The van der Waals surface area contributed by atoms with Gasteiger partial charge in [-0.1, -0.05) is 13.0 Å². The van der Waals surface area contributed by atoms with E-state index < -0.39 is 5.97 Å². The molecule has 1 aliphatic heterocycles. The molecule has 0 aliphatic carbocycles. The van der Waals surface area contributed by atoms with Crippen molar-refractivity contribution in [2.45, 2.75) is 20.3 Å². The van der Waals surface area contributed by atoms with Crippen molar-refractivity contribution in [3.63, 3.8) is 0 Å². The minimum absolute atomic E-state index is 0.0119. The van der Waals surface area contributed by atoms with E-state index in [9.17, 15) is 9.59 Å². The number of cyclic esters (lactones) is 1. The molecule has 0 spiro atoms. The van der Waals surface area contributed by atoms with Gasteiger partial charge in [-0.05, 0) is 13.3 Å². The largest absolute Gasteiger partial charge is 0.427 e. The Labute approximate surface area is 99.7 Å². The molecule has 17 heavy (non-hydrogen) atoms. The number of hydrogen-bond donors (Lipinski definition) is 1. The van der Waals surface area contributed by atoms with Crippen LogP contribution in [0.1, 0.15) is 20.3 Å². The van der Waals surface area contributed by atoms with Crippen molar-refractivity contribution in [1.82, 2.24) is 5.48 Å². The third-order valence-electron chi connectivity index (χ3n) is 2.09. The maximum Gasteiger partial charge on any atom is 0.349 e. The molecule has 0 aromatic carbocycles. The summed E-state index contributed by atoms with van der Waals surface area (Å²) in [6.07, 6.45) is 3.29. The van der Waals surface area contributed by atoms with Gasteiger partial charge in [-0.2, -0.15) is 0 Å². The predicted octanol–water partition coefficient (Wildman–Crippen LogP) is 1.39. The van der Waals surface area contributed by atoms with Gasteiger partial charge in [0.05, 0.1) is 12.3 Å². The molecular weight excluding hydrogens is 222 g/mol. The molecular formula is C12H15NO4. The number of allylic oxidation sites excluding steroid dienone is 3. The Balaban J connectivity index is 2.94. The van der Waals surface area contributed by atoms with E-state index in [1.165, 1.54) is 6.08 Å². The van der Waals surface area contributed by atoms with Crippen LogP contribution in [0.3, 0.4) is 0 Å². The van der Waals surface area contributed by atoms with E-state index in [0.29, 0.717) is 17.9 Å². The minimum atomic E-state index is -0.651. The smallest absolute Gasteiger partial charge is 0.349 e. The van der Waals surface area contributed by atoms with Gasteiger partial charge >= 0.3 is 5.97 Å². The molecule has 1 N–H and O–H groups in total. The van der Waals surface area contributed by atoms with Crippen LogP contribution in [0.2, 0.25) is 0 Å². The standard InChI is InChI=1S/C12H15NO4/c1-4-6-16-13-9(5-2)11-10(14)7-8(3)17-12(11)15/h4,7,13H,1,5-6H2,2-3H3. The second-order valence-corrected chi connectivity index (χ2v) is 3.42. The Morgan fingerprint density at radius 3 is 2.82 bits per heavy atom. The van der Waals surface area contributed by atoms with Gasteiger partial charge in [0, 0.05) is 6.08 Å². The summed E-state index contributed by atoms with van der Waals surface area (Å²) in [5.74, 6) is -0.724. The molecule has 5 nitrogen and oxygen atoms in total. The van der Waals surface area contributed by atoms with Crippen molar-refractivity contribution in [1.29, 1.82) is 0 Å². The number of rotatable bonds is 5. The molecule has 5 heteroatoms. The van der Waals surface area contributed by atoms with E-state index >= 15 is 0 Å². The van der Waals surface area contributed by atoms with E-state index in [1.807, 2.05) is 0 Å². The molecule has 92 valence electrons. The summed E-state index contributed by atoms with van der Waals surface area (Å²) in [6.45, 7) is 7.12. The second-order valence-electron chi connectivity index (χ2n) is 3.42. The van der Waals surface area contributed by atoms with Crippen molar-refractivity contribution in [3.05, 3.63) is 35.8 Å². The van der Waals surface area contributed by atoms with Gasteiger partial charge in [0.1, 0.15) is 11.3 Å².